The summed E-state index contributed by atoms with van der Waals surface area (Å²) in [6.45, 7) is 0. The Labute approximate surface area is 134 Å². The van der Waals surface area contributed by atoms with Gasteiger partial charge in [0, 0.05) is 18.0 Å². The Balaban J connectivity index is 1.80. The zero-order valence-electron chi connectivity index (χ0n) is 12.0. The summed E-state index contributed by atoms with van der Waals surface area (Å²) in [5.74, 6) is 0.200. The zero-order chi connectivity index (χ0) is 16.1. The van der Waals surface area contributed by atoms with E-state index >= 15 is 0 Å². The molecule has 0 radical (unpaired) electrons. The van der Waals surface area contributed by atoms with Crippen molar-refractivity contribution in [1.29, 1.82) is 0 Å². The Hall–Kier alpha value is -3.00. The number of rotatable bonds is 2. The normalized spacial score (nSPS) is 17.5. The quantitative estimate of drug-likeness (QED) is 0.482. The van der Waals surface area contributed by atoms with Gasteiger partial charge < -0.3 is 4.90 Å². The fourth-order valence-electron chi connectivity index (χ4n) is 2.69. The first-order chi connectivity index (χ1) is 11.1. The molecule has 0 saturated heterocycles. The highest BCUT2D eigenvalue weighted by Gasteiger charge is 2.40. The molecule has 0 N–H and O–H groups in total. The third-order valence-corrected chi connectivity index (χ3v) is 4.70. The van der Waals surface area contributed by atoms with E-state index in [9.17, 15) is 14.9 Å². The number of nitrogens with zero attached hydrogens (tertiary/aromatic N) is 4. The van der Waals surface area contributed by atoms with Crippen LogP contribution in [-0.4, -0.2) is 23.8 Å². The van der Waals surface area contributed by atoms with Gasteiger partial charge in [-0.2, -0.15) is 4.99 Å². The number of hydrogen-bond donors (Lipinski definition) is 0. The summed E-state index contributed by atoms with van der Waals surface area (Å²) >= 11 is 1.03. The Kier molecular flexibility index (Phi) is 2.82. The van der Waals surface area contributed by atoms with E-state index in [-0.39, 0.29) is 10.9 Å². The number of thiophene rings is 1. The van der Waals surface area contributed by atoms with Gasteiger partial charge in [-0.1, -0.05) is 23.5 Å². The number of anilines is 2. The largest absolute Gasteiger partial charge is 0.324 e. The molecule has 0 saturated carbocycles. The molecule has 7 nitrogen and oxygen atoms in total. The molecule has 0 fully saturated rings. The van der Waals surface area contributed by atoms with Gasteiger partial charge in [0.05, 0.1) is 16.3 Å². The molecule has 2 aromatic rings. The first-order valence-corrected chi connectivity index (χ1v) is 7.60. The highest BCUT2D eigenvalue weighted by molar-refractivity contribution is 7.16. The molecule has 0 atom stereocenters. The fourth-order valence-corrected chi connectivity index (χ4v) is 3.45. The monoisotopic (exact) mass is 326 g/mol. The Morgan fingerprint density at radius 3 is 2.65 bits per heavy atom. The molecule has 2 aliphatic heterocycles. The van der Waals surface area contributed by atoms with Crippen molar-refractivity contribution in [3.05, 3.63) is 57.1 Å². The summed E-state index contributed by atoms with van der Waals surface area (Å²) in [4.78, 5) is 31.0. The first kappa shape index (κ1) is 13.6. The Morgan fingerprint density at radius 2 is 1.96 bits per heavy atom. The highest BCUT2D eigenvalue weighted by Crippen LogP contribution is 2.42. The smallest absolute Gasteiger partial charge is 0.313 e. The SMILES string of the molecule is CN1C2=NC(=O)/C(=C/c3ccc([N+](=O)[O-])s3)N2c2ccccc21. The van der Waals surface area contributed by atoms with Crippen LogP contribution in [0.2, 0.25) is 0 Å². The summed E-state index contributed by atoms with van der Waals surface area (Å²) in [6.07, 6.45) is 1.65. The number of aliphatic imine (C=N–C) groups is 1. The standard InChI is InChI=1S/C15H10N4O3S/c1-17-10-4-2-3-5-11(10)18-12(14(20)16-15(17)18)8-9-6-7-13(23-9)19(21)22/h2-8H,1H3/b12-8-. The third kappa shape index (κ3) is 1.95. The van der Waals surface area contributed by atoms with Crippen molar-refractivity contribution in [3.8, 4) is 0 Å². The van der Waals surface area contributed by atoms with E-state index in [0.29, 0.717) is 16.5 Å². The number of hydrogen-bond acceptors (Lipinski definition) is 6. The van der Waals surface area contributed by atoms with Crippen LogP contribution >= 0.6 is 11.3 Å². The number of guanidine groups is 1. The van der Waals surface area contributed by atoms with Crippen molar-refractivity contribution in [2.24, 2.45) is 4.99 Å². The predicted molar refractivity (Wildman–Crippen MR) is 88.7 cm³/mol. The number of para-hydroxylation sites is 2. The maximum Gasteiger partial charge on any atom is 0.324 e. The maximum atomic E-state index is 12.2. The van der Waals surface area contributed by atoms with Crippen LogP contribution in [0.1, 0.15) is 4.88 Å². The van der Waals surface area contributed by atoms with Crippen LogP contribution in [0.15, 0.2) is 47.1 Å². The number of benzene rings is 1. The second kappa shape index (κ2) is 4.75. The van der Waals surface area contributed by atoms with Gasteiger partial charge in [0.15, 0.2) is 0 Å². The molecule has 23 heavy (non-hydrogen) atoms. The third-order valence-electron chi connectivity index (χ3n) is 3.72. The summed E-state index contributed by atoms with van der Waals surface area (Å²) in [5, 5.41) is 10.8. The van der Waals surface area contributed by atoms with E-state index in [0.717, 1.165) is 22.7 Å². The first-order valence-electron chi connectivity index (χ1n) is 6.78. The molecule has 0 aliphatic carbocycles. The van der Waals surface area contributed by atoms with Crippen molar-refractivity contribution >= 4 is 45.7 Å². The van der Waals surface area contributed by atoms with E-state index in [4.69, 9.17) is 0 Å². The summed E-state index contributed by atoms with van der Waals surface area (Å²) in [5.41, 5.74) is 2.23. The molecular formula is C15H10N4O3S. The average molecular weight is 326 g/mol. The molecule has 114 valence electrons. The maximum absolute atomic E-state index is 12.2. The van der Waals surface area contributed by atoms with Gasteiger partial charge >= 0.3 is 5.00 Å². The molecule has 0 bridgehead atoms. The van der Waals surface area contributed by atoms with Gasteiger partial charge in [0.2, 0.25) is 5.96 Å². The van der Waals surface area contributed by atoms with Gasteiger partial charge in [-0.3, -0.25) is 19.8 Å². The molecular weight excluding hydrogens is 316 g/mol. The molecule has 8 heteroatoms. The second-order valence-electron chi connectivity index (χ2n) is 5.06. The van der Waals surface area contributed by atoms with E-state index in [1.54, 1.807) is 17.0 Å². The van der Waals surface area contributed by atoms with Gasteiger partial charge in [-0.25, -0.2) is 0 Å². The lowest BCUT2D eigenvalue weighted by molar-refractivity contribution is -0.380. The number of carbonyl (C=O) groups excluding carboxylic acids is 1. The molecule has 4 rings (SSSR count). The van der Waals surface area contributed by atoms with Crippen LogP contribution in [0.25, 0.3) is 6.08 Å². The molecule has 3 heterocycles. The molecule has 0 spiro atoms. The van der Waals surface area contributed by atoms with E-state index in [1.165, 1.54) is 6.07 Å². The highest BCUT2D eigenvalue weighted by atomic mass is 32.1. The van der Waals surface area contributed by atoms with Gasteiger partial charge in [0.25, 0.3) is 5.91 Å². The summed E-state index contributed by atoms with van der Waals surface area (Å²) in [7, 11) is 1.85. The minimum absolute atomic E-state index is 0.0439. The molecule has 1 amide bonds. The van der Waals surface area contributed by atoms with E-state index in [2.05, 4.69) is 4.99 Å². The lowest BCUT2D eigenvalue weighted by atomic mass is 10.2. The number of carbonyl (C=O) groups is 1. The molecule has 1 aromatic heterocycles. The number of nitro groups is 1. The van der Waals surface area contributed by atoms with Gasteiger partial charge in [0.1, 0.15) is 5.70 Å². The van der Waals surface area contributed by atoms with Gasteiger partial charge in [-0.05, 0) is 24.3 Å². The van der Waals surface area contributed by atoms with Crippen molar-refractivity contribution in [2.45, 2.75) is 0 Å². The fraction of sp³-hybridized carbons (Fsp3) is 0.0667. The van der Waals surface area contributed by atoms with Crippen LogP contribution in [-0.2, 0) is 4.79 Å². The summed E-state index contributed by atoms with van der Waals surface area (Å²) < 4.78 is 0. The molecule has 2 aliphatic rings. The summed E-state index contributed by atoms with van der Waals surface area (Å²) in [6, 6.07) is 10.7. The van der Waals surface area contributed by atoms with E-state index < -0.39 is 4.92 Å². The molecule has 1 aromatic carbocycles. The van der Waals surface area contributed by atoms with Crippen LogP contribution in [0.3, 0.4) is 0 Å². The lowest BCUT2D eigenvalue weighted by Gasteiger charge is -2.14. The topological polar surface area (TPSA) is 79.0 Å². The van der Waals surface area contributed by atoms with Crippen LogP contribution < -0.4 is 9.80 Å². The zero-order valence-corrected chi connectivity index (χ0v) is 12.8. The van der Waals surface area contributed by atoms with Crippen molar-refractivity contribution < 1.29 is 9.72 Å². The Bertz CT molecular complexity index is 915. The van der Waals surface area contributed by atoms with Crippen molar-refractivity contribution in [2.75, 3.05) is 16.8 Å². The lowest BCUT2D eigenvalue weighted by Crippen LogP contribution is -2.31. The minimum atomic E-state index is -0.440. The van der Waals surface area contributed by atoms with Crippen molar-refractivity contribution in [1.82, 2.24) is 0 Å². The molecule has 0 unspecified atom stereocenters. The van der Waals surface area contributed by atoms with Crippen LogP contribution in [0.4, 0.5) is 16.4 Å². The average Bonchev–Trinajstić information content (AvgIpc) is 3.19. The van der Waals surface area contributed by atoms with Crippen molar-refractivity contribution in [3.63, 3.8) is 0 Å². The Morgan fingerprint density at radius 1 is 1.22 bits per heavy atom. The predicted octanol–water partition coefficient (Wildman–Crippen LogP) is 2.85. The van der Waals surface area contributed by atoms with Crippen LogP contribution in [0.5, 0.6) is 0 Å². The minimum Gasteiger partial charge on any atom is -0.313 e. The van der Waals surface area contributed by atoms with Gasteiger partial charge in [-0.15, -0.1) is 0 Å². The number of fused-ring (bicyclic) bond motifs is 3. The van der Waals surface area contributed by atoms with Crippen LogP contribution in [0, 0.1) is 10.1 Å². The van der Waals surface area contributed by atoms with E-state index in [1.807, 2.05) is 36.2 Å². The number of amides is 1. The second-order valence-corrected chi connectivity index (χ2v) is 6.16.